The Morgan fingerprint density at radius 2 is 2.50 bits per heavy atom. The lowest BCUT2D eigenvalue weighted by Crippen LogP contribution is -2.10. The Kier molecular flexibility index (Phi) is 1.93. The van der Waals surface area contributed by atoms with Gasteiger partial charge in [-0.1, -0.05) is 6.92 Å². The second-order valence-electron chi connectivity index (χ2n) is 3.66. The van der Waals surface area contributed by atoms with E-state index < -0.39 is 0 Å². The van der Waals surface area contributed by atoms with E-state index in [1.807, 2.05) is 0 Å². The van der Waals surface area contributed by atoms with Crippen LogP contribution in [0.4, 0.5) is 0 Å². The van der Waals surface area contributed by atoms with Crippen molar-refractivity contribution in [2.75, 3.05) is 6.54 Å². The summed E-state index contributed by atoms with van der Waals surface area (Å²) in [5.41, 5.74) is 6.96. The summed E-state index contributed by atoms with van der Waals surface area (Å²) in [7, 11) is 0. The van der Waals surface area contributed by atoms with Crippen LogP contribution in [-0.4, -0.2) is 6.54 Å². The van der Waals surface area contributed by atoms with E-state index in [-0.39, 0.29) is 0 Å². The molecular formula is C10H15NO. The first-order valence-corrected chi connectivity index (χ1v) is 4.59. The third-order valence-corrected chi connectivity index (χ3v) is 2.85. The molecule has 0 bridgehead atoms. The summed E-state index contributed by atoms with van der Waals surface area (Å²) in [4.78, 5) is 0. The van der Waals surface area contributed by atoms with Gasteiger partial charge in [-0.3, -0.25) is 0 Å². The Labute approximate surface area is 72.7 Å². The van der Waals surface area contributed by atoms with Gasteiger partial charge in [0.15, 0.2) is 0 Å². The molecule has 1 aromatic heterocycles. The van der Waals surface area contributed by atoms with Gasteiger partial charge in [0.25, 0.3) is 0 Å². The SMILES string of the molecule is CC1Cc2occc2C1CCN. The Hall–Kier alpha value is -0.760. The molecule has 2 N–H and O–H groups in total. The average molecular weight is 165 g/mol. The van der Waals surface area contributed by atoms with E-state index in [4.69, 9.17) is 10.2 Å². The van der Waals surface area contributed by atoms with Crippen molar-refractivity contribution in [1.29, 1.82) is 0 Å². The normalized spacial score (nSPS) is 27.5. The molecule has 1 aromatic rings. The Morgan fingerprint density at radius 3 is 3.25 bits per heavy atom. The number of hydrogen-bond donors (Lipinski definition) is 1. The molecule has 2 atom stereocenters. The van der Waals surface area contributed by atoms with Crippen molar-refractivity contribution in [2.45, 2.75) is 25.7 Å². The van der Waals surface area contributed by atoms with Crippen molar-refractivity contribution in [2.24, 2.45) is 11.7 Å². The molecule has 0 aliphatic heterocycles. The highest BCUT2D eigenvalue weighted by Gasteiger charge is 2.30. The monoisotopic (exact) mass is 165 g/mol. The predicted molar refractivity (Wildman–Crippen MR) is 48.0 cm³/mol. The molecule has 1 aliphatic carbocycles. The summed E-state index contributed by atoms with van der Waals surface area (Å²) in [5, 5.41) is 0. The summed E-state index contributed by atoms with van der Waals surface area (Å²) in [5.74, 6) is 2.54. The van der Waals surface area contributed by atoms with Gasteiger partial charge in [0, 0.05) is 6.42 Å². The average Bonchev–Trinajstić information content (AvgIpc) is 2.56. The lowest BCUT2D eigenvalue weighted by atomic mass is 9.91. The van der Waals surface area contributed by atoms with Crippen molar-refractivity contribution in [3.63, 3.8) is 0 Å². The molecule has 2 rings (SSSR count). The van der Waals surface area contributed by atoms with Gasteiger partial charge in [-0.25, -0.2) is 0 Å². The maximum Gasteiger partial charge on any atom is 0.107 e. The maximum absolute atomic E-state index is 5.57. The Balaban J connectivity index is 2.23. The van der Waals surface area contributed by atoms with Crippen LogP contribution < -0.4 is 5.73 Å². The van der Waals surface area contributed by atoms with E-state index in [9.17, 15) is 0 Å². The minimum atomic E-state index is 0.642. The fourth-order valence-corrected chi connectivity index (χ4v) is 2.21. The van der Waals surface area contributed by atoms with Gasteiger partial charge < -0.3 is 10.2 Å². The highest BCUT2D eigenvalue weighted by molar-refractivity contribution is 5.28. The van der Waals surface area contributed by atoms with E-state index in [1.165, 1.54) is 11.3 Å². The summed E-state index contributed by atoms with van der Waals surface area (Å²) in [6, 6.07) is 2.10. The van der Waals surface area contributed by atoms with Crippen molar-refractivity contribution < 1.29 is 4.42 Å². The van der Waals surface area contributed by atoms with Crippen LogP contribution in [-0.2, 0) is 6.42 Å². The molecule has 2 unspecified atom stereocenters. The molecule has 0 radical (unpaired) electrons. The predicted octanol–water partition coefficient (Wildman–Crippen LogP) is 1.90. The molecule has 0 saturated heterocycles. The molecule has 0 saturated carbocycles. The molecule has 0 amide bonds. The lowest BCUT2D eigenvalue weighted by Gasteiger charge is -2.13. The van der Waals surface area contributed by atoms with Crippen LogP contribution in [0.3, 0.4) is 0 Å². The zero-order valence-corrected chi connectivity index (χ0v) is 7.42. The fraction of sp³-hybridized carbons (Fsp3) is 0.600. The largest absolute Gasteiger partial charge is 0.469 e. The number of fused-ring (bicyclic) bond motifs is 1. The van der Waals surface area contributed by atoms with Crippen LogP contribution in [0.25, 0.3) is 0 Å². The van der Waals surface area contributed by atoms with E-state index >= 15 is 0 Å². The van der Waals surface area contributed by atoms with Crippen molar-refractivity contribution in [3.8, 4) is 0 Å². The molecule has 12 heavy (non-hydrogen) atoms. The highest BCUT2D eigenvalue weighted by atomic mass is 16.3. The smallest absolute Gasteiger partial charge is 0.107 e. The number of hydrogen-bond acceptors (Lipinski definition) is 2. The quantitative estimate of drug-likeness (QED) is 0.727. The van der Waals surface area contributed by atoms with Gasteiger partial charge in [-0.15, -0.1) is 0 Å². The number of nitrogens with two attached hydrogens (primary N) is 1. The molecular weight excluding hydrogens is 150 g/mol. The van der Waals surface area contributed by atoms with Crippen LogP contribution in [0.15, 0.2) is 16.7 Å². The van der Waals surface area contributed by atoms with Gasteiger partial charge in [-0.2, -0.15) is 0 Å². The molecule has 1 aliphatic rings. The van der Waals surface area contributed by atoms with Gasteiger partial charge in [-0.05, 0) is 36.4 Å². The molecule has 66 valence electrons. The first kappa shape index (κ1) is 7.87. The zero-order chi connectivity index (χ0) is 8.55. The van der Waals surface area contributed by atoms with Crippen LogP contribution in [0.2, 0.25) is 0 Å². The van der Waals surface area contributed by atoms with Crippen LogP contribution in [0.1, 0.15) is 30.6 Å². The first-order chi connectivity index (χ1) is 5.83. The minimum Gasteiger partial charge on any atom is -0.469 e. The first-order valence-electron chi connectivity index (χ1n) is 4.59. The number of furan rings is 1. The zero-order valence-electron chi connectivity index (χ0n) is 7.42. The van der Waals surface area contributed by atoms with Gasteiger partial charge in [0.1, 0.15) is 5.76 Å². The van der Waals surface area contributed by atoms with E-state index in [0.717, 1.165) is 19.4 Å². The maximum atomic E-state index is 5.57. The van der Waals surface area contributed by atoms with Crippen molar-refractivity contribution in [1.82, 2.24) is 0 Å². The van der Waals surface area contributed by atoms with E-state index in [1.54, 1.807) is 6.26 Å². The third kappa shape index (κ3) is 1.07. The lowest BCUT2D eigenvalue weighted by molar-refractivity contribution is 0.444. The molecule has 2 nitrogen and oxygen atoms in total. The second-order valence-corrected chi connectivity index (χ2v) is 3.66. The molecule has 0 fully saturated rings. The molecule has 0 spiro atoms. The van der Waals surface area contributed by atoms with Gasteiger partial charge in [0.05, 0.1) is 6.26 Å². The Bertz CT molecular complexity index is 267. The molecule has 2 heteroatoms. The topological polar surface area (TPSA) is 39.2 Å². The summed E-state index contributed by atoms with van der Waals surface area (Å²) < 4.78 is 5.38. The summed E-state index contributed by atoms with van der Waals surface area (Å²) in [6.07, 6.45) is 3.97. The van der Waals surface area contributed by atoms with Crippen LogP contribution >= 0.6 is 0 Å². The van der Waals surface area contributed by atoms with E-state index in [0.29, 0.717) is 11.8 Å². The van der Waals surface area contributed by atoms with E-state index in [2.05, 4.69) is 13.0 Å². The fourth-order valence-electron chi connectivity index (χ4n) is 2.21. The van der Waals surface area contributed by atoms with Crippen molar-refractivity contribution in [3.05, 3.63) is 23.7 Å². The molecule has 1 heterocycles. The van der Waals surface area contributed by atoms with Gasteiger partial charge in [0.2, 0.25) is 0 Å². The Morgan fingerprint density at radius 1 is 1.67 bits per heavy atom. The second kappa shape index (κ2) is 2.94. The third-order valence-electron chi connectivity index (χ3n) is 2.85. The standard InChI is InChI=1S/C10H15NO/c1-7-6-10-9(3-5-12-10)8(7)2-4-11/h3,5,7-8H,2,4,6,11H2,1H3. The molecule has 0 aromatic carbocycles. The highest BCUT2D eigenvalue weighted by Crippen LogP contribution is 2.39. The summed E-state index contributed by atoms with van der Waals surface area (Å²) in [6.45, 7) is 3.05. The van der Waals surface area contributed by atoms with Crippen LogP contribution in [0, 0.1) is 5.92 Å². The van der Waals surface area contributed by atoms with Crippen molar-refractivity contribution >= 4 is 0 Å². The van der Waals surface area contributed by atoms with Gasteiger partial charge >= 0.3 is 0 Å². The summed E-state index contributed by atoms with van der Waals surface area (Å²) >= 11 is 0. The minimum absolute atomic E-state index is 0.642. The van der Waals surface area contributed by atoms with Crippen LogP contribution in [0.5, 0.6) is 0 Å². The number of rotatable bonds is 2.